The van der Waals surface area contributed by atoms with E-state index >= 15 is 0 Å². The molecule has 10 heavy (non-hydrogen) atoms. The third-order valence-electron chi connectivity index (χ3n) is 0.890. The van der Waals surface area contributed by atoms with Crippen LogP contribution in [0.4, 0.5) is 0 Å². The normalized spacial score (nSPS) is 10.2. The molecule has 0 unspecified atom stereocenters. The molecule has 0 radical (unpaired) electrons. The first kappa shape index (κ1) is 8.00. The van der Waals surface area contributed by atoms with Crippen LogP contribution in [-0.4, -0.2) is 31.3 Å². The predicted octanol–water partition coefficient (Wildman–Crippen LogP) is 0.697. The number of hydrogen-bond acceptors (Lipinski definition) is 4. The van der Waals surface area contributed by atoms with Crippen LogP contribution in [-0.2, 0) is 7.05 Å². The molecule has 0 fully saturated rings. The zero-order valence-electron chi connectivity index (χ0n) is 5.49. The molecule has 1 aromatic rings. The molecule has 1 aromatic heterocycles. The van der Waals surface area contributed by atoms with Gasteiger partial charge in [-0.1, -0.05) is 27.7 Å². The van der Waals surface area contributed by atoms with Gasteiger partial charge in [-0.25, -0.2) is 4.68 Å². The summed E-state index contributed by atoms with van der Waals surface area (Å²) in [4.78, 5) is 0. The van der Waals surface area contributed by atoms with Gasteiger partial charge >= 0.3 is 0 Å². The first-order valence-electron chi connectivity index (χ1n) is 2.75. The zero-order valence-corrected chi connectivity index (χ0v) is 7.89. The van der Waals surface area contributed by atoms with E-state index in [0.29, 0.717) is 0 Å². The molecule has 1 rings (SSSR count). The van der Waals surface area contributed by atoms with Gasteiger partial charge in [0.1, 0.15) is 0 Å². The molecule has 56 valence electrons. The first-order valence-corrected chi connectivity index (χ1v) is 4.86. The molecule has 0 aliphatic rings. The highest BCUT2D eigenvalue weighted by molar-refractivity contribution is 9.09. The third-order valence-corrected chi connectivity index (χ3v) is 2.82. The standard InChI is InChI=1S/C4H7BrN4S/c1-9-4(6-7-8-9)10-3-2-5/h2-3H2,1H3. The van der Waals surface area contributed by atoms with Crippen molar-refractivity contribution < 1.29 is 0 Å². The van der Waals surface area contributed by atoms with E-state index in [9.17, 15) is 0 Å². The largest absolute Gasteiger partial charge is 0.224 e. The number of rotatable bonds is 3. The van der Waals surface area contributed by atoms with Crippen molar-refractivity contribution in [3.63, 3.8) is 0 Å². The fraction of sp³-hybridized carbons (Fsp3) is 0.750. The molecular formula is C4H7BrN4S. The SMILES string of the molecule is Cn1nnnc1SCCBr. The fourth-order valence-electron chi connectivity index (χ4n) is 0.473. The Balaban J connectivity index is 2.49. The molecule has 0 N–H and O–H groups in total. The van der Waals surface area contributed by atoms with Gasteiger partial charge in [0.15, 0.2) is 0 Å². The number of aryl methyl sites for hydroxylation is 1. The Hall–Kier alpha value is -0.100. The van der Waals surface area contributed by atoms with Crippen LogP contribution in [0.1, 0.15) is 0 Å². The molecule has 0 amide bonds. The quantitative estimate of drug-likeness (QED) is 0.558. The van der Waals surface area contributed by atoms with E-state index in [4.69, 9.17) is 0 Å². The van der Waals surface area contributed by atoms with Gasteiger partial charge in [-0.2, -0.15) is 0 Å². The Morgan fingerprint density at radius 3 is 3.00 bits per heavy atom. The van der Waals surface area contributed by atoms with Crippen LogP contribution in [0.15, 0.2) is 5.16 Å². The lowest BCUT2D eigenvalue weighted by molar-refractivity contribution is 0.665. The van der Waals surface area contributed by atoms with Crippen molar-refractivity contribution in [3.8, 4) is 0 Å². The van der Waals surface area contributed by atoms with E-state index in [2.05, 4.69) is 31.5 Å². The van der Waals surface area contributed by atoms with Gasteiger partial charge in [0.05, 0.1) is 0 Å². The van der Waals surface area contributed by atoms with Crippen LogP contribution in [0.25, 0.3) is 0 Å². The number of halogens is 1. The fourth-order valence-corrected chi connectivity index (χ4v) is 1.54. The maximum absolute atomic E-state index is 3.80. The van der Waals surface area contributed by atoms with E-state index in [1.54, 1.807) is 16.4 Å². The summed E-state index contributed by atoms with van der Waals surface area (Å²) < 4.78 is 1.66. The van der Waals surface area contributed by atoms with E-state index in [1.807, 2.05) is 7.05 Å². The summed E-state index contributed by atoms with van der Waals surface area (Å²) in [6, 6.07) is 0. The number of alkyl halides is 1. The number of thioether (sulfide) groups is 1. The highest BCUT2D eigenvalue weighted by Gasteiger charge is 1.99. The molecule has 0 aliphatic carbocycles. The van der Waals surface area contributed by atoms with Crippen molar-refractivity contribution in [2.45, 2.75) is 5.16 Å². The molecule has 0 saturated carbocycles. The zero-order chi connectivity index (χ0) is 7.40. The monoisotopic (exact) mass is 222 g/mol. The minimum Gasteiger partial charge on any atom is -0.224 e. The molecular weight excluding hydrogens is 216 g/mol. The summed E-state index contributed by atoms with van der Waals surface area (Å²) in [5.41, 5.74) is 0. The van der Waals surface area contributed by atoms with Gasteiger partial charge in [0.25, 0.3) is 0 Å². The maximum atomic E-state index is 3.80. The van der Waals surface area contributed by atoms with Crippen LogP contribution < -0.4 is 0 Å². The van der Waals surface area contributed by atoms with E-state index < -0.39 is 0 Å². The number of nitrogens with zero attached hydrogens (tertiary/aromatic N) is 4. The number of hydrogen-bond donors (Lipinski definition) is 0. The van der Waals surface area contributed by atoms with Gasteiger partial charge < -0.3 is 0 Å². The second-order valence-corrected chi connectivity index (χ2v) is 3.48. The second-order valence-electron chi connectivity index (χ2n) is 1.62. The molecule has 0 spiro atoms. The molecule has 4 nitrogen and oxygen atoms in total. The Bertz CT molecular complexity index is 201. The van der Waals surface area contributed by atoms with Gasteiger partial charge in [-0.3, -0.25) is 0 Å². The number of aromatic nitrogens is 4. The molecule has 1 heterocycles. The van der Waals surface area contributed by atoms with Gasteiger partial charge in [-0.05, 0) is 10.4 Å². The van der Waals surface area contributed by atoms with E-state index in [0.717, 1.165) is 16.2 Å². The smallest absolute Gasteiger partial charge is 0.209 e. The average molecular weight is 223 g/mol. The minimum absolute atomic E-state index is 0.861. The summed E-state index contributed by atoms with van der Waals surface area (Å²) in [5.74, 6) is 0.994. The highest BCUT2D eigenvalue weighted by atomic mass is 79.9. The summed E-state index contributed by atoms with van der Waals surface area (Å²) in [7, 11) is 1.83. The maximum Gasteiger partial charge on any atom is 0.209 e. The highest BCUT2D eigenvalue weighted by Crippen LogP contribution is 2.11. The van der Waals surface area contributed by atoms with Crippen LogP contribution >= 0.6 is 27.7 Å². The summed E-state index contributed by atoms with van der Waals surface area (Å²) in [5, 5.41) is 12.8. The number of tetrazole rings is 1. The van der Waals surface area contributed by atoms with Crippen molar-refractivity contribution >= 4 is 27.7 Å². The Labute approximate surface area is 71.5 Å². The van der Waals surface area contributed by atoms with Crippen molar-refractivity contribution in [1.82, 2.24) is 20.2 Å². The lowest BCUT2D eigenvalue weighted by Gasteiger charge is -1.93. The molecule has 0 saturated heterocycles. The predicted molar refractivity (Wildman–Crippen MR) is 43.3 cm³/mol. The topological polar surface area (TPSA) is 43.6 Å². The molecule has 0 atom stereocenters. The van der Waals surface area contributed by atoms with Crippen LogP contribution in [0.5, 0.6) is 0 Å². The first-order chi connectivity index (χ1) is 4.84. The Morgan fingerprint density at radius 2 is 2.50 bits per heavy atom. The molecule has 0 aliphatic heterocycles. The lowest BCUT2D eigenvalue weighted by Crippen LogP contribution is -1.93. The van der Waals surface area contributed by atoms with Crippen molar-refractivity contribution in [2.24, 2.45) is 7.05 Å². The van der Waals surface area contributed by atoms with Crippen LogP contribution in [0, 0.1) is 0 Å². The lowest BCUT2D eigenvalue weighted by atomic mass is 11.0. The summed E-state index contributed by atoms with van der Waals surface area (Å²) in [6.45, 7) is 0. The van der Waals surface area contributed by atoms with Gasteiger partial charge in [0, 0.05) is 18.1 Å². The molecule has 0 aromatic carbocycles. The van der Waals surface area contributed by atoms with Crippen molar-refractivity contribution in [1.29, 1.82) is 0 Å². The molecule has 0 bridgehead atoms. The van der Waals surface area contributed by atoms with Crippen molar-refractivity contribution in [3.05, 3.63) is 0 Å². The average Bonchev–Trinajstić information content (AvgIpc) is 2.31. The summed E-state index contributed by atoms with van der Waals surface area (Å²) in [6.07, 6.45) is 0. The van der Waals surface area contributed by atoms with Crippen molar-refractivity contribution in [2.75, 3.05) is 11.1 Å². The Kier molecular flexibility index (Phi) is 3.14. The van der Waals surface area contributed by atoms with Gasteiger partial charge in [0.2, 0.25) is 5.16 Å². The van der Waals surface area contributed by atoms with E-state index in [-0.39, 0.29) is 0 Å². The Morgan fingerprint density at radius 1 is 1.70 bits per heavy atom. The molecule has 6 heteroatoms. The van der Waals surface area contributed by atoms with Crippen LogP contribution in [0.3, 0.4) is 0 Å². The second kappa shape index (κ2) is 3.92. The minimum atomic E-state index is 0.861. The third kappa shape index (κ3) is 1.95. The van der Waals surface area contributed by atoms with Crippen LogP contribution in [0.2, 0.25) is 0 Å². The summed E-state index contributed by atoms with van der Waals surface area (Å²) >= 11 is 4.95. The van der Waals surface area contributed by atoms with Gasteiger partial charge in [-0.15, -0.1) is 5.10 Å². The van der Waals surface area contributed by atoms with E-state index in [1.165, 1.54) is 0 Å².